The Hall–Kier alpha value is -3.03. The van der Waals surface area contributed by atoms with Crippen molar-refractivity contribution in [2.45, 2.75) is 12.6 Å². The third-order valence-corrected chi connectivity index (χ3v) is 5.25. The van der Waals surface area contributed by atoms with Crippen molar-refractivity contribution in [3.05, 3.63) is 48.8 Å². The van der Waals surface area contributed by atoms with E-state index in [1.807, 2.05) is 36.7 Å². The Kier molecular flexibility index (Phi) is 6.21. The van der Waals surface area contributed by atoms with Crippen LogP contribution in [0.15, 0.2) is 48.8 Å². The van der Waals surface area contributed by atoms with Crippen molar-refractivity contribution in [2.24, 2.45) is 0 Å². The molecule has 2 heterocycles. The Morgan fingerprint density at radius 1 is 1.03 bits per heavy atom. The van der Waals surface area contributed by atoms with Gasteiger partial charge in [-0.25, -0.2) is 4.98 Å². The lowest BCUT2D eigenvalue weighted by Crippen LogP contribution is -2.40. The molecule has 7 heteroatoms. The number of morpholine rings is 1. The van der Waals surface area contributed by atoms with E-state index in [4.69, 9.17) is 23.9 Å². The van der Waals surface area contributed by atoms with Crippen molar-refractivity contribution in [3.63, 3.8) is 0 Å². The third kappa shape index (κ3) is 3.99. The first-order chi connectivity index (χ1) is 14.7. The summed E-state index contributed by atoms with van der Waals surface area (Å²) in [5.41, 5.74) is 3.75. The van der Waals surface area contributed by atoms with Crippen molar-refractivity contribution in [1.82, 2.24) is 14.9 Å². The topological polar surface area (TPSA) is 66.8 Å². The van der Waals surface area contributed by atoms with Crippen molar-refractivity contribution < 1.29 is 18.9 Å². The zero-order chi connectivity index (χ0) is 20.9. The summed E-state index contributed by atoms with van der Waals surface area (Å²) in [6.07, 6.45) is 1.94. The number of rotatable bonds is 7. The molecule has 1 N–H and O–H groups in total. The molecule has 0 spiro atoms. The molecule has 158 valence electrons. The lowest BCUT2D eigenvalue weighted by molar-refractivity contribution is 0.0184. The molecule has 4 rings (SSSR count). The molecule has 0 unspecified atom stereocenters. The van der Waals surface area contributed by atoms with Crippen LogP contribution in [-0.2, 0) is 11.3 Å². The van der Waals surface area contributed by atoms with Gasteiger partial charge >= 0.3 is 0 Å². The maximum Gasteiger partial charge on any atom is 0.164 e. The van der Waals surface area contributed by atoms with E-state index in [0.717, 1.165) is 35.6 Å². The Balaban J connectivity index is 1.87. The Morgan fingerprint density at radius 3 is 2.43 bits per heavy atom. The SMILES string of the molecule is COc1cc(OC)c(-c2c(-c3ccccc3)ncn2C[C@H]2CNCCO2)cc1OC. The van der Waals surface area contributed by atoms with Crippen molar-refractivity contribution in [2.75, 3.05) is 41.0 Å². The second kappa shape index (κ2) is 9.19. The Morgan fingerprint density at radius 2 is 1.77 bits per heavy atom. The van der Waals surface area contributed by atoms with Crippen LogP contribution in [0.1, 0.15) is 0 Å². The minimum Gasteiger partial charge on any atom is -0.496 e. The number of nitrogens with zero attached hydrogens (tertiary/aromatic N) is 2. The summed E-state index contributed by atoms with van der Waals surface area (Å²) in [5.74, 6) is 1.94. The lowest BCUT2D eigenvalue weighted by atomic mass is 10.0. The first-order valence-electron chi connectivity index (χ1n) is 9.98. The van der Waals surface area contributed by atoms with Crippen LogP contribution in [0.25, 0.3) is 22.5 Å². The van der Waals surface area contributed by atoms with Gasteiger partial charge < -0.3 is 28.8 Å². The zero-order valence-corrected chi connectivity index (χ0v) is 17.6. The number of benzene rings is 2. The molecular weight excluding hydrogens is 382 g/mol. The molecule has 3 aromatic rings. The van der Waals surface area contributed by atoms with Crippen LogP contribution in [0.2, 0.25) is 0 Å². The second-order valence-corrected chi connectivity index (χ2v) is 7.06. The first kappa shape index (κ1) is 20.3. The van der Waals surface area contributed by atoms with Gasteiger partial charge in [0.05, 0.1) is 58.3 Å². The molecule has 0 bridgehead atoms. The Bertz CT molecular complexity index is 982. The highest BCUT2D eigenvalue weighted by molar-refractivity contribution is 5.83. The van der Waals surface area contributed by atoms with E-state index >= 15 is 0 Å². The standard InChI is InChI=1S/C23H27N3O4/c1-27-19-12-21(29-3)20(28-2)11-18(19)23-22(16-7-5-4-6-8-16)25-15-26(23)14-17-13-24-9-10-30-17/h4-8,11-12,15,17,24H,9-10,13-14H2,1-3H3/t17-/m1/s1. The monoisotopic (exact) mass is 409 g/mol. The minimum absolute atomic E-state index is 0.0708. The van der Waals surface area contributed by atoms with Gasteiger partial charge in [-0.1, -0.05) is 30.3 Å². The predicted molar refractivity (Wildman–Crippen MR) is 115 cm³/mol. The summed E-state index contributed by atoms with van der Waals surface area (Å²) >= 11 is 0. The number of aromatic nitrogens is 2. The summed E-state index contributed by atoms with van der Waals surface area (Å²) in [6.45, 7) is 3.08. The molecule has 1 aliphatic rings. The molecule has 0 saturated carbocycles. The van der Waals surface area contributed by atoms with Crippen LogP contribution in [0, 0.1) is 0 Å². The summed E-state index contributed by atoms with van der Waals surface area (Å²) in [4.78, 5) is 4.76. The number of hydrogen-bond acceptors (Lipinski definition) is 6. The van der Waals surface area contributed by atoms with Crippen LogP contribution in [0.4, 0.5) is 0 Å². The van der Waals surface area contributed by atoms with E-state index in [9.17, 15) is 0 Å². The molecule has 2 aromatic carbocycles. The molecule has 7 nitrogen and oxygen atoms in total. The van der Waals surface area contributed by atoms with E-state index in [1.165, 1.54) is 0 Å². The maximum atomic E-state index is 5.94. The van der Waals surface area contributed by atoms with Gasteiger partial charge in [0.2, 0.25) is 0 Å². The largest absolute Gasteiger partial charge is 0.496 e. The summed E-state index contributed by atoms with van der Waals surface area (Å²) < 4.78 is 24.8. The molecule has 1 aliphatic heterocycles. The van der Waals surface area contributed by atoms with Gasteiger partial charge in [0, 0.05) is 30.3 Å². The van der Waals surface area contributed by atoms with E-state index in [1.54, 1.807) is 21.3 Å². The first-order valence-corrected chi connectivity index (χ1v) is 9.98. The average molecular weight is 409 g/mol. The fraction of sp³-hybridized carbons (Fsp3) is 0.348. The van der Waals surface area contributed by atoms with Crippen molar-refractivity contribution >= 4 is 0 Å². The third-order valence-electron chi connectivity index (χ3n) is 5.25. The number of hydrogen-bond donors (Lipinski definition) is 1. The van der Waals surface area contributed by atoms with E-state index in [-0.39, 0.29) is 6.10 Å². The van der Waals surface area contributed by atoms with Gasteiger partial charge in [0.15, 0.2) is 11.5 Å². The van der Waals surface area contributed by atoms with Gasteiger partial charge in [-0.2, -0.15) is 0 Å². The highest BCUT2D eigenvalue weighted by Crippen LogP contribution is 2.43. The fourth-order valence-corrected chi connectivity index (χ4v) is 3.78. The van der Waals surface area contributed by atoms with Crippen LogP contribution >= 0.6 is 0 Å². The summed E-state index contributed by atoms with van der Waals surface area (Å²) in [5, 5.41) is 3.39. The minimum atomic E-state index is 0.0708. The van der Waals surface area contributed by atoms with Crippen LogP contribution in [-0.4, -0.2) is 56.7 Å². The van der Waals surface area contributed by atoms with Crippen LogP contribution < -0.4 is 19.5 Å². The van der Waals surface area contributed by atoms with Gasteiger partial charge in [-0.3, -0.25) is 0 Å². The van der Waals surface area contributed by atoms with E-state index in [0.29, 0.717) is 30.4 Å². The molecular formula is C23H27N3O4. The summed E-state index contributed by atoms with van der Waals surface area (Å²) in [7, 11) is 4.90. The van der Waals surface area contributed by atoms with Gasteiger partial charge in [0.1, 0.15) is 5.75 Å². The zero-order valence-electron chi connectivity index (χ0n) is 17.6. The summed E-state index contributed by atoms with van der Waals surface area (Å²) in [6, 6.07) is 13.9. The Labute approximate surface area is 176 Å². The van der Waals surface area contributed by atoms with E-state index < -0.39 is 0 Å². The number of methoxy groups -OCH3 is 3. The van der Waals surface area contributed by atoms with Crippen LogP contribution in [0.3, 0.4) is 0 Å². The van der Waals surface area contributed by atoms with Crippen LogP contribution in [0.5, 0.6) is 17.2 Å². The molecule has 0 amide bonds. The smallest absolute Gasteiger partial charge is 0.164 e. The lowest BCUT2D eigenvalue weighted by Gasteiger charge is -2.25. The van der Waals surface area contributed by atoms with Gasteiger partial charge in [-0.15, -0.1) is 0 Å². The van der Waals surface area contributed by atoms with Gasteiger partial charge in [-0.05, 0) is 6.07 Å². The molecule has 1 fully saturated rings. The number of imidazole rings is 1. The van der Waals surface area contributed by atoms with E-state index in [2.05, 4.69) is 22.0 Å². The number of ether oxygens (including phenoxy) is 4. The average Bonchev–Trinajstić information content (AvgIpc) is 3.22. The molecule has 1 atom stereocenters. The molecule has 0 aliphatic carbocycles. The number of nitrogens with one attached hydrogen (secondary N) is 1. The predicted octanol–water partition coefficient (Wildman–Crippen LogP) is 3.23. The normalized spacial score (nSPS) is 16.3. The second-order valence-electron chi connectivity index (χ2n) is 7.06. The molecule has 1 aromatic heterocycles. The van der Waals surface area contributed by atoms with Gasteiger partial charge in [0.25, 0.3) is 0 Å². The highest BCUT2D eigenvalue weighted by Gasteiger charge is 2.23. The molecule has 1 saturated heterocycles. The molecule has 30 heavy (non-hydrogen) atoms. The van der Waals surface area contributed by atoms with Crippen molar-refractivity contribution in [3.8, 4) is 39.8 Å². The molecule has 0 radical (unpaired) electrons. The highest BCUT2D eigenvalue weighted by atomic mass is 16.5. The quantitative estimate of drug-likeness (QED) is 0.646. The fourth-order valence-electron chi connectivity index (χ4n) is 3.78. The van der Waals surface area contributed by atoms with Crippen molar-refractivity contribution in [1.29, 1.82) is 0 Å². The maximum absolute atomic E-state index is 5.94.